The fourth-order valence-corrected chi connectivity index (χ4v) is 6.18. The van der Waals surface area contributed by atoms with Gasteiger partial charge in [-0.3, -0.25) is 14.4 Å². The molecule has 0 aromatic heterocycles. The molecular weight excluding hydrogens is 456 g/mol. The summed E-state index contributed by atoms with van der Waals surface area (Å²) in [6.45, 7) is 11.4. The fraction of sp³-hybridized carbons (Fsp3) is 0.762. The third-order valence-corrected chi connectivity index (χ3v) is 7.15. The molecule has 0 aromatic rings. The van der Waals surface area contributed by atoms with Crippen molar-refractivity contribution in [2.24, 2.45) is 11.8 Å². The number of rotatable bonds is 7. The molecule has 3 aliphatic rings. The topological polar surface area (TPSA) is 96.4 Å². The van der Waals surface area contributed by atoms with Crippen LogP contribution in [0.3, 0.4) is 0 Å². The van der Waals surface area contributed by atoms with Crippen molar-refractivity contribution in [2.75, 3.05) is 26.3 Å². The van der Waals surface area contributed by atoms with Gasteiger partial charge in [0.25, 0.3) is 0 Å². The lowest BCUT2D eigenvalue weighted by molar-refractivity contribution is -0.155. The number of esters is 1. The number of fused-ring (bicyclic) bond motifs is 1. The Bertz CT molecular complexity index is 737. The quantitative estimate of drug-likeness (QED) is 0.328. The third-order valence-electron chi connectivity index (χ3n) is 6.31. The summed E-state index contributed by atoms with van der Waals surface area (Å²) in [5.41, 5.74) is -1.65. The summed E-state index contributed by atoms with van der Waals surface area (Å²) in [6.07, 6.45) is 1.54. The molecule has 0 radical (unpaired) electrons. The minimum atomic E-state index is -1.13. The molecule has 3 fully saturated rings. The zero-order valence-electron chi connectivity index (χ0n) is 18.0. The van der Waals surface area contributed by atoms with Gasteiger partial charge in [-0.1, -0.05) is 22.0 Å². The van der Waals surface area contributed by atoms with Crippen molar-refractivity contribution in [3.8, 4) is 0 Å². The van der Waals surface area contributed by atoms with Crippen LogP contribution in [0.5, 0.6) is 0 Å². The van der Waals surface area contributed by atoms with E-state index >= 15 is 0 Å². The normalized spacial score (nSPS) is 34.8. The fourth-order valence-electron chi connectivity index (χ4n) is 5.24. The van der Waals surface area contributed by atoms with E-state index in [9.17, 15) is 19.5 Å². The predicted octanol–water partition coefficient (Wildman–Crippen LogP) is 1.10. The third kappa shape index (κ3) is 3.39. The van der Waals surface area contributed by atoms with Crippen molar-refractivity contribution in [3.05, 3.63) is 12.7 Å². The molecule has 2 amide bonds. The summed E-state index contributed by atoms with van der Waals surface area (Å²) in [5, 5.41) is 9.61. The molecule has 3 aliphatic heterocycles. The molecule has 6 atom stereocenters. The summed E-state index contributed by atoms with van der Waals surface area (Å²) >= 11 is 3.60. The highest BCUT2D eigenvalue weighted by Crippen LogP contribution is 2.60. The number of aliphatic hydroxyl groups is 1. The molecule has 9 heteroatoms. The highest BCUT2D eigenvalue weighted by atomic mass is 79.9. The van der Waals surface area contributed by atoms with Gasteiger partial charge in [0.1, 0.15) is 11.6 Å². The van der Waals surface area contributed by atoms with Gasteiger partial charge < -0.3 is 24.4 Å². The van der Waals surface area contributed by atoms with Gasteiger partial charge in [-0.2, -0.15) is 0 Å². The first-order valence-electron chi connectivity index (χ1n) is 10.4. The van der Waals surface area contributed by atoms with Crippen molar-refractivity contribution in [2.45, 2.75) is 62.2 Å². The standard InChI is InChI=1S/C21H31BrN2O6/c1-6-8-24(20(3,4)5)18(27)16-21-11-12(22)15(30-21)13(19(28)29-7-2)14(21)17(26)23(16)9-10-25/h6,12-16,25H,1,7-11H2,2-5H3/t12?,13-,14+,15-,16-,21+/m1/s1. The molecule has 0 aliphatic carbocycles. The van der Waals surface area contributed by atoms with Crippen LogP contribution < -0.4 is 0 Å². The second-order valence-corrected chi connectivity index (χ2v) is 10.3. The van der Waals surface area contributed by atoms with E-state index in [4.69, 9.17) is 9.47 Å². The predicted molar refractivity (Wildman–Crippen MR) is 113 cm³/mol. The number of alkyl halides is 1. The van der Waals surface area contributed by atoms with Gasteiger partial charge in [0.2, 0.25) is 11.8 Å². The Morgan fingerprint density at radius 3 is 2.67 bits per heavy atom. The number of hydrogen-bond donors (Lipinski definition) is 1. The number of halogens is 1. The molecule has 168 valence electrons. The molecule has 0 aromatic carbocycles. The lowest BCUT2D eigenvalue weighted by atomic mass is 9.70. The van der Waals surface area contributed by atoms with E-state index in [-0.39, 0.29) is 36.4 Å². The maximum atomic E-state index is 13.8. The minimum absolute atomic E-state index is 0.00388. The zero-order valence-corrected chi connectivity index (χ0v) is 19.6. The molecule has 1 unspecified atom stereocenters. The van der Waals surface area contributed by atoms with E-state index in [1.165, 1.54) is 4.90 Å². The van der Waals surface area contributed by atoms with Gasteiger partial charge in [-0.25, -0.2) is 0 Å². The molecule has 3 saturated heterocycles. The van der Waals surface area contributed by atoms with Crippen molar-refractivity contribution in [1.29, 1.82) is 0 Å². The largest absolute Gasteiger partial charge is 0.466 e. The molecular formula is C21H31BrN2O6. The maximum Gasteiger partial charge on any atom is 0.312 e. The lowest BCUT2D eigenvalue weighted by Gasteiger charge is -2.42. The van der Waals surface area contributed by atoms with Crippen LogP contribution in [0.4, 0.5) is 0 Å². The van der Waals surface area contributed by atoms with Crippen LogP contribution in [0, 0.1) is 11.8 Å². The molecule has 2 bridgehead atoms. The Kier molecular flexibility index (Phi) is 6.38. The van der Waals surface area contributed by atoms with Crippen molar-refractivity contribution >= 4 is 33.7 Å². The maximum absolute atomic E-state index is 13.8. The Balaban J connectivity index is 2.08. The molecule has 1 spiro atoms. The van der Waals surface area contributed by atoms with Crippen LogP contribution in [0.2, 0.25) is 0 Å². The summed E-state index contributed by atoms with van der Waals surface area (Å²) in [5.74, 6) is -2.67. The number of carbonyl (C=O) groups is 3. The van der Waals surface area contributed by atoms with E-state index < -0.39 is 41.1 Å². The van der Waals surface area contributed by atoms with Crippen LogP contribution >= 0.6 is 15.9 Å². The van der Waals surface area contributed by atoms with Gasteiger partial charge in [0.15, 0.2) is 0 Å². The Labute approximate surface area is 185 Å². The van der Waals surface area contributed by atoms with Gasteiger partial charge in [0.05, 0.1) is 31.2 Å². The Hall–Kier alpha value is -1.45. The van der Waals surface area contributed by atoms with Gasteiger partial charge in [-0.05, 0) is 34.1 Å². The van der Waals surface area contributed by atoms with E-state index in [1.54, 1.807) is 17.9 Å². The SMILES string of the molecule is C=CCN(C(=O)[C@H]1N(CCO)C(=O)[C@@H]2[C@@H](C(=O)OCC)[C@@H]3O[C@@]21CC3Br)C(C)(C)C. The lowest BCUT2D eigenvalue weighted by Crippen LogP contribution is -2.60. The van der Waals surface area contributed by atoms with Gasteiger partial charge >= 0.3 is 5.97 Å². The molecule has 0 saturated carbocycles. The molecule has 1 N–H and O–H groups in total. The average Bonchev–Trinajstić information content (AvgIpc) is 3.23. The second-order valence-electron chi connectivity index (χ2n) is 9.08. The zero-order chi connectivity index (χ0) is 22.4. The molecule has 3 rings (SSSR count). The number of β-amino-alcohol motifs (C(OH)–C–C–N with tert-alkyl or cyclic N) is 1. The summed E-state index contributed by atoms with van der Waals surface area (Å²) < 4.78 is 11.6. The van der Waals surface area contributed by atoms with Crippen molar-refractivity contribution < 1.29 is 29.0 Å². The minimum Gasteiger partial charge on any atom is -0.466 e. The number of amides is 2. The Morgan fingerprint density at radius 2 is 2.13 bits per heavy atom. The number of hydrogen-bond acceptors (Lipinski definition) is 6. The highest BCUT2D eigenvalue weighted by Gasteiger charge is 2.77. The van der Waals surface area contributed by atoms with E-state index in [0.717, 1.165) is 0 Å². The summed E-state index contributed by atoms with van der Waals surface area (Å²) in [4.78, 5) is 42.9. The molecule has 3 heterocycles. The van der Waals surface area contributed by atoms with Crippen LogP contribution in [-0.4, -0.2) is 87.1 Å². The van der Waals surface area contributed by atoms with E-state index in [1.807, 2.05) is 20.8 Å². The second kappa shape index (κ2) is 8.24. The van der Waals surface area contributed by atoms with Crippen LogP contribution in [-0.2, 0) is 23.9 Å². The molecule has 30 heavy (non-hydrogen) atoms. The Morgan fingerprint density at radius 1 is 1.47 bits per heavy atom. The first-order valence-corrected chi connectivity index (χ1v) is 11.3. The number of aliphatic hydroxyl groups excluding tert-OH is 1. The summed E-state index contributed by atoms with van der Waals surface area (Å²) in [6, 6.07) is -0.925. The van der Waals surface area contributed by atoms with Crippen LogP contribution in [0.25, 0.3) is 0 Å². The van der Waals surface area contributed by atoms with Crippen molar-refractivity contribution in [3.63, 3.8) is 0 Å². The van der Waals surface area contributed by atoms with Gasteiger partial charge in [-0.15, -0.1) is 6.58 Å². The highest BCUT2D eigenvalue weighted by molar-refractivity contribution is 9.09. The van der Waals surface area contributed by atoms with Crippen molar-refractivity contribution in [1.82, 2.24) is 9.80 Å². The first kappa shape index (κ1) is 23.2. The number of likely N-dealkylation sites (tertiary alicyclic amines) is 1. The smallest absolute Gasteiger partial charge is 0.312 e. The number of ether oxygens (including phenoxy) is 2. The van der Waals surface area contributed by atoms with Gasteiger partial charge in [0, 0.05) is 23.5 Å². The first-order chi connectivity index (χ1) is 14.0. The number of carbonyl (C=O) groups excluding carboxylic acids is 3. The monoisotopic (exact) mass is 486 g/mol. The van der Waals surface area contributed by atoms with E-state index in [0.29, 0.717) is 13.0 Å². The van der Waals surface area contributed by atoms with Crippen LogP contribution in [0.15, 0.2) is 12.7 Å². The summed E-state index contributed by atoms with van der Waals surface area (Å²) in [7, 11) is 0. The van der Waals surface area contributed by atoms with Crippen LogP contribution in [0.1, 0.15) is 34.1 Å². The van der Waals surface area contributed by atoms with E-state index in [2.05, 4.69) is 22.5 Å². The average molecular weight is 487 g/mol. The molecule has 8 nitrogen and oxygen atoms in total. The number of nitrogens with zero attached hydrogens (tertiary/aromatic N) is 2.